The number of piperidine rings is 2. The van der Waals surface area contributed by atoms with Gasteiger partial charge in [-0.05, 0) is 82.2 Å². The summed E-state index contributed by atoms with van der Waals surface area (Å²) in [7, 11) is 0. The Balaban J connectivity index is 1.25. The number of hydrogen-bond donors (Lipinski definition) is 1. The molecule has 4 rings (SSSR count). The quantitative estimate of drug-likeness (QED) is 0.687. The molecule has 5 nitrogen and oxygen atoms in total. The van der Waals surface area contributed by atoms with Crippen LogP contribution in [-0.2, 0) is 0 Å². The molecule has 0 aromatic heterocycles. The number of nitrogens with zero attached hydrogens (tertiary/aromatic N) is 3. The lowest BCUT2D eigenvalue weighted by Crippen LogP contribution is -2.43. The molecular weight excluding hydrogens is 396 g/mol. The van der Waals surface area contributed by atoms with Gasteiger partial charge in [-0.2, -0.15) is 0 Å². The molecule has 3 saturated heterocycles. The summed E-state index contributed by atoms with van der Waals surface area (Å²) in [5.41, 5.74) is 1.88. The number of carbonyl (C=O) groups is 1. The number of rotatable bonds is 4. The van der Waals surface area contributed by atoms with Gasteiger partial charge in [0.1, 0.15) is 0 Å². The fourth-order valence-electron chi connectivity index (χ4n) is 5.18. The van der Waals surface area contributed by atoms with Crippen LogP contribution in [0.1, 0.15) is 57.8 Å². The zero-order chi connectivity index (χ0) is 20.8. The molecule has 1 aromatic rings. The van der Waals surface area contributed by atoms with E-state index in [0.717, 1.165) is 61.3 Å². The third-order valence-corrected chi connectivity index (χ3v) is 7.32. The number of carbonyl (C=O) groups excluding carboxylic acids is 1. The number of anilines is 2. The summed E-state index contributed by atoms with van der Waals surface area (Å²) >= 11 is 6.54. The molecule has 0 radical (unpaired) electrons. The van der Waals surface area contributed by atoms with Crippen LogP contribution in [0.5, 0.6) is 0 Å². The van der Waals surface area contributed by atoms with E-state index in [1.807, 2.05) is 17.0 Å². The Morgan fingerprint density at radius 1 is 0.900 bits per heavy atom. The highest BCUT2D eigenvalue weighted by Crippen LogP contribution is 2.31. The third-order valence-electron chi connectivity index (χ3n) is 7.01. The molecule has 2 amide bonds. The molecule has 3 aliphatic rings. The van der Waals surface area contributed by atoms with Crippen molar-refractivity contribution in [3.8, 4) is 0 Å². The second-order valence-corrected chi connectivity index (χ2v) is 9.70. The third kappa shape index (κ3) is 5.82. The number of urea groups is 1. The number of nitrogens with one attached hydrogen (secondary N) is 1. The Morgan fingerprint density at radius 3 is 2.20 bits per heavy atom. The van der Waals surface area contributed by atoms with Crippen molar-refractivity contribution in [1.82, 2.24) is 9.80 Å². The van der Waals surface area contributed by atoms with Crippen LogP contribution in [0.25, 0.3) is 0 Å². The minimum absolute atomic E-state index is 0.00464. The maximum absolute atomic E-state index is 12.8. The van der Waals surface area contributed by atoms with Crippen LogP contribution >= 0.6 is 11.6 Å². The summed E-state index contributed by atoms with van der Waals surface area (Å²) in [5.74, 6) is 0.727. The Labute approximate surface area is 186 Å². The predicted octanol–water partition coefficient (Wildman–Crippen LogP) is 5.45. The van der Waals surface area contributed by atoms with E-state index < -0.39 is 0 Å². The van der Waals surface area contributed by atoms with E-state index >= 15 is 0 Å². The van der Waals surface area contributed by atoms with Crippen LogP contribution in [0, 0.1) is 5.92 Å². The largest absolute Gasteiger partial charge is 0.370 e. The number of likely N-dealkylation sites (tertiary alicyclic amines) is 2. The maximum Gasteiger partial charge on any atom is 0.321 e. The predicted molar refractivity (Wildman–Crippen MR) is 126 cm³/mol. The number of amides is 2. The van der Waals surface area contributed by atoms with Crippen LogP contribution < -0.4 is 10.2 Å². The van der Waals surface area contributed by atoms with Crippen molar-refractivity contribution in [2.45, 2.75) is 57.8 Å². The first kappa shape index (κ1) is 21.8. The molecule has 0 spiro atoms. The summed E-state index contributed by atoms with van der Waals surface area (Å²) in [5, 5.41) is 3.79. The molecule has 6 heteroatoms. The van der Waals surface area contributed by atoms with Gasteiger partial charge in [-0.25, -0.2) is 4.79 Å². The van der Waals surface area contributed by atoms with Crippen LogP contribution in [0.15, 0.2) is 18.2 Å². The van der Waals surface area contributed by atoms with Crippen LogP contribution in [0.4, 0.5) is 16.2 Å². The smallest absolute Gasteiger partial charge is 0.321 e. The van der Waals surface area contributed by atoms with Gasteiger partial charge in [-0.15, -0.1) is 0 Å². The Kier molecular flexibility index (Phi) is 7.78. The summed E-state index contributed by atoms with van der Waals surface area (Å²) in [6.45, 7) is 7.57. The van der Waals surface area contributed by atoms with Gasteiger partial charge < -0.3 is 20.0 Å². The highest BCUT2D eigenvalue weighted by atomic mass is 35.5. The molecule has 0 unspecified atom stereocenters. The molecule has 3 aliphatic heterocycles. The molecule has 0 bridgehead atoms. The van der Waals surface area contributed by atoms with Crippen molar-refractivity contribution < 1.29 is 4.79 Å². The lowest BCUT2D eigenvalue weighted by atomic mass is 9.96. The highest BCUT2D eigenvalue weighted by molar-refractivity contribution is 6.33. The van der Waals surface area contributed by atoms with Gasteiger partial charge in [0.05, 0.1) is 10.7 Å². The summed E-state index contributed by atoms with van der Waals surface area (Å²) in [4.78, 5) is 19.7. The molecule has 0 aliphatic carbocycles. The SMILES string of the molecule is O=C(Nc1ccc(N2CCCCC2)c(Cl)c1)N1CCC(CN2CCCCCC2)CC1. The Bertz CT molecular complexity index is 690. The van der Waals surface area contributed by atoms with Gasteiger partial charge in [-0.3, -0.25) is 0 Å². The minimum atomic E-state index is 0.00464. The molecule has 1 N–H and O–H groups in total. The van der Waals surface area contributed by atoms with Crippen molar-refractivity contribution in [3.63, 3.8) is 0 Å². The number of halogens is 1. The summed E-state index contributed by atoms with van der Waals surface area (Å²) in [6, 6.07) is 5.94. The number of hydrogen-bond acceptors (Lipinski definition) is 3. The molecule has 0 saturated carbocycles. The van der Waals surface area contributed by atoms with E-state index in [1.54, 1.807) is 0 Å². The van der Waals surface area contributed by atoms with E-state index in [0.29, 0.717) is 0 Å². The average Bonchev–Trinajstić information content (AvgIpc) is 3.04. The van der Waals surface area contributed by atoms with Crippen molar-refractivity contribution in [3.05, 3.63) is 23.2 Å². The van der Waals surface area contributed by atoms with Crippen molar-refractivity contribution in [2.75, 3.05) is 56.0 Å². The fraction of sp³-hybridized carbons (Fsp3) is 0.708. The Hall–Kier alpha value is -1.46. The van der Waals surface area contributed by atoms with Gasteiger partial charge in [-0.1, -0.05) is 24.4 Å². The van der Waals surface area contributed by atoms with Gasteiger partial charge in [0.2, 0.25) is 0 Å². The molecule has 166 valence electrons. The second-order valence-electron chi connectivity index (χ2n) is 9.29. The molecule has 0 atom stereocenters. The summed E-state index contributed by atoms with van der Waals surface area (Å²) in [6.07, 6.45) is 11.4. The van der Waals surface area contributed by atoms with Gasteiger partial charge in [0, 0.05) is 38.4 Å². The minimum Gasteiger partial charge on any atom is -0.370 e. The first-order valence-electron chi connectivity index (χ1n) is 12.0. The van der Waals surface area contributed by atoms with Crippen LogP contribution in [0.3, 0.4) is 0 Å². The lowest BCUT2D eigenvalue weighted by Gasteiger charge is -2.34. The zero-order valence-corrected chi connectivity index (χ0v) is 19.0. The van der Waals surface area contributed by atoms with E-state index in [4.69, 9.17) is 11.6 Å². The first-order chi connectivity index (χ1) is 14.7. The molecule has 3 fully saturated rings. The van der Waals surface area contributed by atoms with Crippen LogP contribution in [0.2, 0.25) is 5.02 Å². The molecule has 1 aromatic carbocycles. The maximum atomic E-state index is 12.8. The number of benzene rings is 1. The van der Waals surface area contributed by atoms with Crippen molar-refractivity contribution >= 4 is 29.0 Å². The van der Waals surface area contributed by atoms with E-state index in [2.05, 4.69) is 21.2 Å². The van der Waals surface area contributed by atoms with Gasteiger partial charge in [0.25, 0.3) is 0 Å². The molecular formula is C24H37ClN4O. The highest BCUT2D eigenvalue weighted by Gasteiger charge is 2.25. The molecule has 30 heavy (non-hydrogen) atoms. The Morgan fingerprint density at radius 2 is 1.53 bits per heavy atom. The zero-order valence-electron chi connectivity index (χ0n) is 18.3. The van der Waals surface area contributed by atoms with Crippen molar-refractivity contribution in [1.29, 1.82) is 0 Å². The normalized spacial score (nSPS) is 22.0. The average molecular weight is 433 g/mol. The summed E-state index contributed by atoms with van der Waals surface area (Å²) < 4.78 is 0. The van der Waals surface area contributed by atoms with Gasteiger partial charge >= 0.3 is 6.03 Å². The standard InChI is InChI=1S/C24H37ClN4O/c25-22-18-21(8-9-23(22)28-14-6-3-7-15-28)26-24(30)29-16-10-20(11-17-29)19-27-12-4-1-2-5-13-27/h8-9,18,20H,1-7,10-17,19H2,(H,26,30). The lowest BCUT2D eigenvalue weighted by molar-refractivity contribution is 0.155. The van der Waals surface area contributed by atoms with Crippen LogP contribution in [-0.4, -0.2) is 61.6 Å². The van der Waals surface area contributed by atoms with Crippen molar-refractivity contribution in [2.24, 2.45) is 5.92 Å². The molecule has 3 heterocycles. The van der Waals surface area contributed by atoms with E-state index in [-0.39, 0.29) is 6.03 Å². The topological polar surface area (TPSA) is 38.8 Å². The second kappa shape index (κ2) is 10.7. The van der Waals surface area contributed by atoms with Gasteiger partial charge in [0.15, 0.2) is 0 Å². The first-order valence-corrected chi connectivity index (χ1v) is 12.4. The van der Waals surface area contributed by atoms with E-state index in [1.165, 1.54) is 64.6 Å². The van der Waals surface area contributed by atoms with E-state index in [9.17, 15) is 4.79 Å². The monoisotopic (exact) mass is 432 g/mol. The fourth-order valence-corrected chi connectivity index (χ4v) is 5.48.